The average molecular weight is 803 g/mol. The molecule has 4 amide bonds. The lowest BCUT2D eigenvalue weighted by Crippen LogP contribution is -2.60. The van der Waals surface area contributed by atoms with Gasteiger partial charge in [-0.05, 0) is 69.1 Å². The van der Waals surface area contributed by atoms with Crippen LogP contribution >= 0.6 is 0 Å². The van der Waals surface area contributed by atoms with Crippen molar-refractivity contribution in [3.63, 3.8) is 0 Å². The molecular formula is C43H74N6O8. The van der Waals surface area contributed by atoms with E-state index in [2.05, 4.69) is 10.6 Å². The number of carboxylic acids is 1. The van der Waals surface area contributed by atoms with E-state index < -0.39 is 60.2 Å². The van der Waals surface area contributed by atoms with E-state index in [9.17, 15) is 29.1 Å². The summed E-state index contributed by atoms with van der Waals surface area (Å²) in [6.07, 6.45) is 2.51. The molecule has 0 radical (unpaired) electrons. The van der Waals surface area contributed by atoms with Gasteiger partial charge in [0.15, 0.2) is 0 Å². The number of rotatable bonds is 25. The van der Waals surface area contributed by atoms with Gasteiger partial charge >= 0.3 is 5.97 Å². The van der Waals surface area contributed by atoms with Gasteiger partial charge in [-0.15, -0.1) is 0 Å². The SMILES string of the molecule is CC[C@H](C)[C@@H]([C@@H](CC(=O)N1CCC[C@H]1[C@H](OC)[C@@H](C)C(=O)N[C@@H](Cc1ccccc1)C(=O)O)OC)N(C)C(=O)[C@@H](NC(=O)[C@H](C(C)C)N(C)CCCCN)C(C)C. The van der Waals surface area contributed by atoms with Crippen molar-refractivity contribution in [2.75, 3.05) is 47.9 Å². The van der Waals surface area contributed by atoms with Gasteiger partial charge in [0.1, 0.15) is 12.1 Å². The van der Waals surface area contributed by atoms with E-state index in [4.69, 9.17) is 15.2 Å². The second-order valence-electron chi connectivity index (χ2n) is 16.6. The molecule has 0 aliphatic carbocycles. The predicted octanol–water partition coefficient (Wildman–Crippen LogP) is 3.55. The van der Waals surface area contributed by atoms with Crippen molar-refractivity contribution in [2.24, 2.45) is 29.4 Å². The number of benzene rings is 1. The second kappa shape index (κ2) is 24.4. The minimum absolute atomic E-state index is 0.0102. The Balaban J connectivity index is 2.27. The maximum absolute atomic E-state index is 14.4. The Hall–Kier alpha value is -3.59. The number of nitrogens with zero attached hydrogens (tertiary/aromatic N) is 3. The highest BCUT2D eigenvalue weighted by Crippen LogP contribution is 2.30. The Morgan fingerprint density at radius 2 is 1.58 bits per heavy atom. The summed E-state index contributed by atoms with van der Waals surface area (Å²) < 4.78 is 11.9. The first-order chi connectivity index (χ1) is 26.9. The highest BCUT2D eigenvalue weighted by molar-refractivity contribution is 5.90. The number of carbonyl (C=O) groups excluding carboxylic acids is 4. The van der Waals surface area contributed by atoms with Gasteiger partial charge in [0.25, 0.3) is 0 Å². The van der Waals surface area contributed by atoms with Crippen molar-refractivity contribution in [3.8, 4) is 0 Å². The molecule has 1 aromatic carbocycles. The maximum atomic E-state index is 14.4. The van der Waals surface area contributed by atoms with E-state index in [0.29, 0.717) is 38.9 Å². The van der Waals surface area contributed by atoms with Crippen LogP contribution in [0.1, 0.15) is 92.6 Å². The third-order valence-corrected chi connectivity index (χ3v) is 11.7. The highest BCUT2D eigenvalue weighted by Gasteiger charge is 2.43. The van der Waals surface area contributed by atoms with Gasteiger partial charge in [0, 0.05) is 34.2 Å². The fourth-order valence-electron chi connectivity index (χ4n) is 8.29. The number of likely N-dealkylation sites (N-methyl/N-ethyl adjacent to an activating group) is 2. The molecule has 0 unspecified atom stereocenters. The van der Waals surface area contributed by atoms with Crippen LogP contribution in [0, 0.1) is 23.7 Å². The quantitative estimate of drug-likeness (QED) is 0.107. The molecule has 14 nitrogen and oxygen atoms in total. The van der Waals surface area contributed by atoms with Crippen molar-refractivity contribution in [1.82, 2.24) is 25.3 Å². The second-order valence-corrected chi connectivity index (χ2v) is 16.6. The average Bonchev–Trinajstić information content (AvgIpc) is 3.66. The molecule has 0 spiro atoms. The zero-order valence-corrected chi connectivity index (χ0v) is 36.5. The van der Waals surface area contributed by atoms with Crippen LogP contribution in [0.15, 0.2) is 30.3 Å². The molecule has 9 atom stereocenters. The van der Waals surface area contributed by atoms with Gasteiger partial charge in [-0.3, -0.25) is 24.1 Å². The topological polar surface area (TPSA) is 184 Å². The molecule has 1 aliphatic heterocycles. The number of ether oxygens (including phenoxy) is 2. The van der Waals surface area contributed by atoms with Gasteiger partial charge in [-0.25, -0.2) is 4.79 Å². The summed E-state index contributed by atoms with van der Waals surface area (Å²) in [4.78, 5) is 73.5. The Labute approximate surface area is 341 Å². The first-order valence-electron chi connectivity index (χ1n) is 20.8. The first-order valence-corrected chi connectivity index (χ1v) is 20.8. The molecule has 0 saturated carbocycles. The minimum atomic E-state index is -1.14. The minimum Gasteiger partial charge on any atom is -0.480 e. The molecule has 1 saturated heterocycles. The smallest absolute Gasteiger partial charge is 0.326 e. The number of carbonyl (C=O) groups is 5. The summed E-state index contributed by atoms with van der Waals surface area (Å²) in [5, 5.41) is 15.7. The summed E-state index contributed by atoms with van der Waals surface area (Å²) in [6, 6.07) is 5.83. The Bertz CT molecular complexity index is 1410. The number of methoxy groups -OCH3 is 2. The van der Waals surface area contributed by atoms with E-state index >= 15 is 0 Å². The Morgan fingerprint density at radius 1 is 0.930 bits per heavy atom. The van der Waals surface area contributed by atoms with Crippen LogP contribution in [0.25, 0.3) is 0 Å². The summed E-state index contributed by atoms with van der Waals surface area (Å²) >= 11 is 0. The Kier molecular flexibility index (Phi) is 21.2. The molecule has 0 aromatic heterocycles. The summed E-state index contributed by atoms with van der Waals surface area (Å²) in [7, 11) is 6.69. The number of carboxylic acid groups (broad SMARTS) is 1. The number of nitrogens with one attached hydrogen (secondary N) is 2. The molecule has 57 heavy (non-hydrogen) atoms. The molecule has 1 fully saturated rings. The highest BCUT2D eigenvalue weighted by atomic mass is 16.5. The van der Waals surface area contributed by atoms with Crippen molar-refractivity contribution in [1.29, 1.82) is 0 Å². The van der Waals surface area contributed by atoms with Crippen LogP contribution in [-0.4, -0.2) is 140 Å². The van der Waals surface area contributed by atoms with Crippen molar-refractivity contribution < 1.29 is 38.6 Å². The fraction of sp³-hybridized carbons (Fsp3) is 0.744. The van der Waals surface area contributed by atoms with Crippen LogP contribution in [0.2, 0.25) is 0 Å². The summed E-state index contributed by atoms with van der Waals surface area (Å²) in [6.45, 7) is 15.3. The van der Waals surface area contributed by atoms with Crippen LogP contribution < -0.4 is 16.4 Å². The zero-order valence-electron chi connectivity index (χ0n) is 36.5. The largest absolute Gasteiger partial charge is 0.480 e. The van der Waals surface area contributed by atoms with Gasteiger partial charge in [0.2, 0.25) is 23.6 Å². The molecule has 0 bridgehead atoms. The van der Waals surface area contributed by atoms with E-state index in [1.165, 1.54) is 7.11 Å². The van der Waals surface area contributed by atoms with Gasteiger partial charge < -0.3 is 40.7 Å². The van der Waals surface area contributed by atoms with Crippen molar-refractivity contribution >= 4 is 29.6 Å². The van der Waals surface area contributed by atoms with Crippen LogP contribution in [0.4, 0.5) is 0 Å². The number of unbranched alkanes of at least 4 members (excludes halogenated alkanes) is 1. The molecule has 1 aliphatic rings. The lowest BCUT2D eigenvalue weighted by atomic mass is 9.89. The van der Waals surface area contributed by atoms with Gasteiger partial charge in [-0.2, -0.15) is 0 Å². The summed E-state index contributed by atoms with van der Waals surface area (Å²) in [5.74, 6) is -3.27. The van der Waals surface area contributed by atoms with E-state index in [1.807, 2.05) is 83.8 Å². The van der Waals surface area contributed by atoms with Crippen LogP contribution in [-0.2, 0) is 39.9 Å². The van der Waals surface area contributed by atoms with E-state index in [1.54, 1.807) is 30.9 Å². The van der Waals surface area contributed by atoms with Gasteiger partial charge in [-0.1, -0.05) is 85.2 Å². The molecule has 324 valence electrons. The monoisotopic (exact) mass is 803 g/mol. The van der Waals surface area contributed by atoms with Crippen LogP contribution in [0.3, 0.4) is 0 Å². The van der Waals surface area contributed by atoms with E-state index in [0.717, 1.165) is 18.4 Å². The van der Waals surface area contributed by atoms with Crippen molar-refractivity contribution in [2.45, 2.75) is 136 Å². The molecule has 14 heteroatoms. The van der Waals surface area contributed by atoms with Crippen molar-refractivity contribution in [3.05, 3.63) is 35.9 Å². The Morgan fingerprint density at radius 3 is 2.11 bits per heavy atom. The van der Waals surface area contributed by atoms with Crippen LogP contribution in [0.5, 0.6) is 0 Å². The van der Waals surface area contributed by atoms with Gasteiger partial charge in [0.05, 0.1) is 42.7 Å². The fourth-order valence-corrected chi connectivity index (χ4v) is 8.29. The molecule has 2 rings (SSSR count). The standard InChI is InChI=1S/C43H74N6O8/c1-12-29(6)38(48(9)42(53)36(27(2)3)46-41(52)37(28(4)5)47(8)23-17-16-22-44)34(56-10)26-35(50)49-24-18-21-33(49)39(57-11)30(7)40(51)45-32(43(54)55)25-31-19-14-13-15-20-31/h13-15,19-20,27-30,32-34,36-39H,12,16-18,21-26,44H2,1-11H3,(H,45,51)(H,46,52)(H,54,55)/t29-,30+,32-,33-,34+,36-,37-,38-,39+/m0/s1. The lowest BCUT2D eigenvalue weighted by Gasteiger charge is -2.41. The molecule has 5 N–H and O–H groups in total. The number of hydrogen-bond donors (Lipinski definition) is 4. The maximum Gasteiger partial charge on any atom is 0.326 e. The number of likely N-dealkylation sites (tertiary alicyclic amines) is 1. The van der Waals surface area contributed by atoms with E-state index in [-0.39, 0.29) is 48.3 Å². The third-order valence-electron chi connectivity index (χ3n) is 11.7. The predicted molar refractivity (Wildman–Crippen MR) is 222 cm³/mol. The molecule has 1 aromatic rings. The number of aliphatic carboxylic acids is 1. The molecular weight excluding hydrogens is 729 g/mol. The third kappa shape index (κ3) is 14.0. The normalized spacial score (nSPS) is 18.7. The number of hydrogen-bond acceptors (Lipinski definition) is 9. The lowest BCUT2D eigenvalue weighted by molar-refractivity contribution is -0.148. The summed E-state index contributed by atoms with van der Waals surface area (Å²) in [5.41, 5.74) is 6.48. The first kappa shape index (κ1) is 49.6. The zero-order chi connectivity index (χ0) is 43.0. The number of amides is 4. The molecule has 1 heterocycles. The number of nitrogens with two attached hydrogens (primary N) is 1.